The van der Waals surface area contributed by atoms with E-state index in [0.717, 1.165) is 23.8 Å². The molecule has 0 atom stereocenters. The second kappa shape index (κ2) is 5.98. The van der Waals surface area contributed by atoms with Crippen LogP contribution in [0.4, 0.5) is 5.13 Å². The van der Waals surface area contributed by atoms with Gasteiger partial charge in [-0.2, -0.15) is 0 Å². The van der Waals surface area contributed by atoms with E-state index in [1.165, 1.54) is 17.8 Å². The molecule has 0 spiro atoms. The number of hydrogen-bond acceptors (Lipinski definition) is 4. The van der Waals surface area contributed by atoms with Gasteiger partial charge < -0.3 is 10.5 Å². The fraction of sp³-hybridized carbons (Fsp3) is 0.700. The summed E-state index contributed by atoms with van der Waals surface area (Å²) in [5.74, 6) is 0.762. The number of anilines is 1. The molecule has 1 rings (SSSR count). The van der Waals surface area contributed by atoms with E-state index in [-0.39, 0.29) is 0 Å². The van der Waals surface area contributed by atoms with Crippen molar-refractivity contribution in [2.45, 2.75) is 33.3 Å². The van der Waals surface area contributed by atoms with Gasteiger partial charge in [0.25, 0.3) is 0 Å². The van der Waals surface area contributed by atoms with Crippen LogP contribution in [0, 0.1) is 5.92 Å². The van der Waals surface area contributed by atoms with Gasteiger partial charge in [-0.05, 0) is 18.8 Å². The highest BCUT2D eigenvalue weighted by Crippen LogP contribution is 2.15. The van der Waals surface area contributed by atoms with Crippen molar-refractivity contribution in [2.24, 2.45) is 5.92 Å². The molecular weight excluding hydrogens is 196 g/mol. The molecule has 4 heteroatoms. The fourth-order valence-corrected chi connectivity index (χ4v) is 1.78. The van der Waals surface area contributed by atoms with Gasteiger partial charge in [-0.1, -0.05) is 25.2 Å². The minimum atomic E-state index is 0.616. The summed E-state index contributed by atoms with van der Waals surface area (Å²) in [6.45, 7) is 5.93. The number of nitrogens with two attached hydrogens (primary N) is 1. The van der Waals surface area contributed by atoms with Crippen molar-refractivity contribution >= 4 is 16.5 Å². The Kier molecular flexibility index (Phi) is 4.90. The average Bonchev–Trinajstić information content (AvgIpc) is 2.50. The molecule has 0 saturated heterocycles. The summed E-state index contributed by atoms with van der Waals surface area (Å²) in [6.07, 6.45) is 4.14. The van der Waals surface area contributed by atoms with Gasteiger partial charge in [-0.3, -0.25) is 0 Å². The molecule has 0 amide bonds. The van der Waals surface area contributed by atoms with Crippen molar-refractivity contribution in [1.82, 2.24) is 4.98 Å². The molecule has 0 aliphatic carbocycles. The lowest BCUT2D eigenvalue weighted by Gasteiger charge is -2.04. The summed E-state index contributed by atoms with van der Waals surface area (Å²) in [5.41, 5.74) is 5.50. The molecule has 1 heterocycles. The predicted molar refractivity (Wildman–Crippen MR) is 60.3 cm³/mol. The van der Waals surface area contributed by atoms with E-state index in [0.29, 0.717) is 11.7 Å². The van der Waals surface area contributed by atoms with Crippen molar-refractivity contribution in [3.05, 3.63) is 11.1 Å². The molecule has 0 saturated carbocycles. The molecule has 0 bridgehead atoms. The van der Waals surface area contributed by atoms with Gasteiger partial charge in [0.15, 0.2) is 5.13 Å². The number of aromatic nitrogens is 1. The van der Waals surface area contributed by atoms with Crippen LogP contribution in [0.1, 0.15) is 31.6 Å². The normalized spacial score (nSPS) is 11.1. The van der Waals surface area contributed by atoms with E-state index < -0.39 is 0 Å². The van der Waals surface area contributed by atoms with Gasteiger partial charge in [0.2, 0.25) is 0 Å². The van der Waals surface area contributed by atoms with Crippen molar-refractivity contribution < 1.29 is 4.74 Å². The zero-order valence-electron chi connectivity index (χ0n) is 8.82. The Hall–Kier alpha value is -0.610. The largest absolute Gasteiger partial charge is 0.376 e. The van der Waals surface area contributed by atoms with Crippen molar-refractivity contribution in [2.75, 3.05) is 12.3 Å². The first-order valence-electron chi connectivity index (χ1n) is 4.96. The smallest absolute Gasteiger partial charge is 0.180 e. The summed E-state index contributed by atoms with van der Waals surface area (Å²) in [6, 6.07) is 0. The van der Waals surface area contributed by atoms with Crippen LogP contribution in [0.3, 0.4) is 0 Å². The van der Waals surface area contributed by atoms with Gasteiger partial charge in [0.05, 0.1) is 11.5 Å². The van der Waals surface area contributed by atoms with Gasteiger partial charge in [0, 0.05) is 12.8 Å². The van der Waals surface area contributed by atoms with Crippen molar-refractivity contribution in [3.8, 4) is 0 Å². The van der Waals surface area contributed by atoms with Crippen LogP contribution in [-0.2, 0) is 11.3 Å². The highest BCUT2D eigenvalue weighted by Gasteiger charge is 1.99. The summed E-state index contributed by atoms with van der Waals surface area (Å²) in [4.78, 5) is 5.06. The molecule has 14 heavy (non-hydrogen) atoms. The molecule has 2 N–H and O–H groups in total. The summed E-state index contributed by atoms with van der Waals surface area (Å²) in [5, 5.41) is 0.616. The molecule has 0 unspecified atom stereocenters. The maximum Gasteiger partial charge on any atom is 0.180 e. The Balaban J connectivity index is 2.04. The fourth-order valence-electron chi connectivity index (χ4n) is 1.16. The lowest BCUT2D eigenvalue weighted by atomic mass is 10.1. The van der Waals surface area contributed by atoms with Crippen LogP contribution in [0.5, 0.6) is 0 Å². The third-order valence-corrected chi connectivity index (χ3v) is 2.69. The Morgan fingerprint density at radius 3 is 2.93 bits per heavy atom. The van der Waals surface area contributed by atoms with Crippen molar-refractivity contribution in [1.29, 1.82) is 0 Å². The number of nitrogens with zero attached hydrogens (tertiary/aromatic N) is 1. The van der Waals surface area contributed by atoms with E-state index in [2.05, 4.69) is 18.8 Å². The van der Waals surface area contributed by atoms with Crippen LogP contribution >= 0.6 is 11.3 Å². The molecule has 80 valence electrons. The molecule has 0 aromatic carbocycles. The van der Waals surface area contributed by atoms with Crippen LogP contribution < -0.4 is 5.73 Å². The van der Waals surface area contributed by atoms with Crippen LogP contribution in [0.2, 0.25) is 0 Å². The van der Waals surface area contributed by atoms with Gasteiger partial charge in [-0.25, -0.2) is 4.98 Å². The Morgan fingerprint density at radius 1 is 1.57 bits per heavy atom. The van der Waals surface area contributed by atoms with E-state index in [1.54, 1.807) is 6.20 Å². The topological polar surface area (TPSA) is 48.1 Å². The van der Waals surface area contributed by atoms with E-state index in [9.17, 15) is 0 Å². The molecule has 1 aromatic heterocycles. The molecule has 0 aliphatic rings. The maximum atomic E-state index is 5.50. The number of hydrogen-bond donors (Lipinski definition) is 1. The minimum absolute atomic E-state index is 0.616. The molecule has 0 radical (unpaired) electrons. The Morgan fingerprint density at radius 2 is 2.36 bits per heavy atom. The summed E-state index contributed by atoms with van der Waals surface area (Å²) < 4.78 is 5.50. The second-order valence-corrected chi connectivity index (χ2v) is 4.90. The lowest BCUT2D eigenvalue weighted by molar-refractivity contribution is 0.117. The monoisotopic (exact) mass is 214 g/mol. The van der Waals surface area contributed by atoms with Crippen molar-refractivity contribution in [3.63, 3.8) is 0 Å². The summed E-state index contributed by atoms with van der Waals surface area (Å²) >= 11 is 1.49. The number of rotatable bonds is 6. The Bertz CT molecular complexity index is 260. The first kappa shape index (κ1) is 11.5. The second-order valence-electron chi connectivity index (χ2n) is 3.75. The predicted octanol–water partition coefficient (Wildman–Crippen LogP) is 2.68. The minimum Gasteiger partial charge on any atom is -0.376 e. The lowest BCUT2D eigenvalue weighted by Crippen LogP contribution is -1.96. The molecule has 3 nitrogen and oxygen atoms in total. The third-order valence-electron chi connectivity index (χ3n) is 1.89. The molecular formula is C10H18N2OS. The van der Waals surface area contributed by atoms with Gasteiger partial charge >= 0.3 is 0 Å². The van der Waals surface area contributed by atoms with Gasteiger partial charge in [-0.15, -0.1) is 0 Å². The molecule has 0 fully saturated rings. The first-order chi connectivity index (χ1) is 6.68. The maximum absolute atomic E-state index is 5.50. The van der Waals surface area contributed by atoms with E-state index >= 15 is 0 Å². The van der Waals surface area contributed by atoms with Crippen LogP contribution in [-0.4, -0.2) is 11.6 Å². The van der Waals surface area contributed by atoms with E-state index in [4.69, 9.17) is 10.5 Å². The standard InChI is InChI=1S/C10H18N2OS/c1-8(2)4-3-5-13-7-9-6-12-10(11)14-9/h6,8H,3-5,7H2,1-2H3,(H2,11,12). The number of nitrogen functional groups attached to an aromatic ring is 1. The Labute approximate surface area is 89.3 Å². The van der Waals surface area contributed by atoms with Crippen LogP contribution in [0.25, 0.3) is 0 Å². The van der Waals surface area contributed by atoms with Gasteiger partial charge in [0.1, 0.15) is 0 Å². The SMILES string of the molecule is CC(C)CCCOCc1cnc(N)s1. The average molecular weight is 214 g/mol. The third kappa shape index (κ3) is 4.58. The highest BCUT2D eigenvalue weighted by atomic mass is 32.1. The van der Waals surface area contributed by atoms with E-state index in [1.807, 2.05) is 0 Å². The zero-order chi connectivity index (χ0) is 10.4. The number of thiazole rings is 1. The quantitative estimate of drug-likeness (QED) is 0.741. The zero-order valence-corrected chi connectivity index (χ0v) is 9.64. The molecule has 1 aromatic rings. The summed E-state index contributed by atoms with van der Waals surface area (Å²) in [7, 11) is 0. The highest BCUT2D eigenvalue weighted by molar-refractivity contribution is 7.15. The number of ether oxygens (including phenoxy) is 1. The van der Waals surface area contributed by atoms with Crippen LogP contribution in [0.15, 0.2) is 6.20 Å². The molecule has 0 aliphatic heterocycles. The first-order valence-corrected chi connectivity index (χ1v) is 5.78.